The lowest BCUT2D eigenvalue weighted by molar-refractivity contribution is 0.603. The Labute approximate surface area is 90.7 Å². The maximum absolute atomic E-state index is 10.9. The van der Waals surface area contributed by atoms with E-state index in [1.165, 1.54) is 4.80 Å². The van der Waals surface area contributed by atoms with E-state index < -0.39 is 9.05 Å². The molecule has 2 rings (SSSR count). The lowest BCUT2D eigenvalue weighted by Gasteiger charge is -1.96. The van der Waals surface area contributed by atoms with Crippen LogP contribution in [-0.2, 0) is 9.05 Å². The molecule has 0 unspecified atom stereocenters. The van der Waals surface area contributed by atoms with Crippen LogP contribution in [0.25, 0.3) is 5.69 Å². The van der Waals surface area contributed by atoms with E-state index >= 15 is 0 Å². The second-order valence-corrected chi connectivity index (χ2v) is 5.26. The van der Waals surface area contributed by atoms with Gasteiger partial charge in [-0.2, -0.15) is 9.90 Å². The van der Waals surface area contributed by atoms with E-state index in [0.29, 0.717) is 5.69 Å². The molecule has 0 N–H and O–H groups in total. The standard InChI is InChI=1S/C8H6ClN3O2S/c9-15(13,14)8-6-10-12(11-8)7-4-2-1-3-5-7/h1-6H. The summed E-state index contributed by atoms with van der Waals surface area (Å²) >= 11 is 0. The Morgan fingerprint density at radius 3 is 2.40 bits per heavy atom. The van der Waals surface area contributed by atoms with E-state index in [0.717, 1.165) is 6.20 Å². The average molecular weight is 244 g/mol. The van der Waals surface area contributed by atoms with Crippen molar-refractivity contribution in [1.82, 2.24) is 15.0 Å². The van der Waals surface area contributed by atoms with Crippen LogP contribution in [0.5, 0.6) is 0 Å². The fraction of sp³-hybridized carbons (Fsp3) is 0. The Morgan fingerprint density at radius 2 is 1.87 bits per heavy atom. The van der Waals surface area contributed by atoms with Crippen LogP contribution < -0.4 is 0 Å². The van der Waals surface area contributed by atoms with Gasteiger partial charge in [0.2, 0.25) is 5.03 Å². The quantitative estimate of drug-likeness (QED) is 0.744. The molecule has 7 heteroatoms. The highest BCUT2D eigenvalue weighted by Crippen LogP contribution is 2.11. The molecule has 0 aliphatic carbocycles. The Morgan fingerprint density at radius 1 is 1.20 bits per heavy atom. The minimum absolute atomic E-state index is 0.256. The van der Waals surface area contributed by atoms with Gasteiger partial charge in [-0.05, 0) is 12.1 Å². The lowest BCUT2D eigenvalue weighted by Crippen LogP contribution is -1.99. The number of hydrogen-bond donors (Lipinski definition) is 0. The molecule has 0 saturated heterocycles. The van der Waals surface area contributed by atoms with E-state index in [-0.39, 0.29) is 5.03 Å². The van der Waals surface area contributed by atoms with Gasteiger partial charge in [-0.25, -0.2) is 8.42 Å². The predicted octanol–water partition coefficient (Wildman–Crippen LogP) is 1.19. The highest BCUT2D eigenvalue weighted by Gasteiger charge is 2.15. The molecule has 5 nitrogen and oxygen atoms in total. The van der Waals surface area contributed by atoms with Crippen molar-refractivity contribution in [2.24, 2.45) is 0 Å². The average Bonchev–Trinajstić information content (AvgIpc) is 2.67. The van der Waals surface area contributed by atoms with Crippen LogP contribution in [-0.4, -0.2) is 23.4 Å². The highest BCUT2D eigenvalue weighted by molar-refractivity contribution is 8.13. The second kappa shape index (κ2) is 3.63. The molecule has 1 aromatic heterocycles. The van der Waals surface area contributed by atoms with Crippen LogP contribution in [0.4, 0.5) is 0 Å². The number of aromatic nitrogens is 3. The van der Waals surface area contributed by atoms with Crippen LogP contribution in [0, 0.1) is 0 Å². The van der Waals surface area contributed by atoms with Crippen molar-refractivity contribution in [3.05, 3.63) is 36.5 Å². The number of benzene rings is 1. The van der Waals surface area contributed by atoms with Gasteiger partial charge >= 0.3 is 0 Å². The van der Waals surface area contributed by atoms with Crippen molar-refractivity contribution in [2.75, 3.05) is 0 Å². The SMILES string of the molecule is O=S(=O)(Cl)c1cnn(-c2ccccc2)n1. The molecule has 2 aromatic rings. The molecular weight excluding hydrogens is 238 g/mol. The zero-order valence-corrected chi connectivity index (χ0v) is 8.98. The molecule has 0 aliphatic heterocycles. The molecule has 0 amide bonds. The smallest absolute Gasteiger partial charge is 0.205 e. The summed E-state index contributed by atoms with van der Waals surface area (Å²) in [7, 11) is 1.30. The van der Waals surface area contributed by atoms with Crippen LogP contribution in [0.3, 0.4) is 0 Å². The molecule has 78 valence electrons. The van der Waals surface area contributed by atoms with Crippen molar-refractivity contribution in [2.45, 2.75) is 5.03 Å². The minimum Gasteiger partial charge on any atom is -0.205 e. The van der Waals surface area contributed by atoms with Crippen molar-refractivity contribution >= 4 is 19.7 Å². The Hall–Kier alpha value is -1.40. The first kappa shape index (κ1) is 10.1. The number of nitrogens with zero attached hydrogens (tertiary/aromatic N) is 3. The van der Waals surface area contributed by atoms with Gasteiger partial charge in [-0.3, -0.25) is 0 Å². The van der Waals surface area contributed by atoms with Gasteiger partial charge in [0.25, 0.3) is 9.05 Å². The zero-order valence-electron chi connectivity index (χ0n) is 7.41. The Kier molecular flexibility index (Phi) is 2.45. The van der Waals surface area contributed by atoms with Crippen molar-refractivity contribution in [3.8, 4) is 5.69 Å². The van der Waals surface area contributed by atoms with Crippen molar-refractivity contribution in [1.29, 1.82) is 0 Å². The summed E-state index contributed by atoms with van der Waals surface area (Å²) in [5.74, 6) is 0. The van der Waals surface area contributed by atoms with E-state index in [1.54, 1.807) is 24.3 Å². The monoisotopic (exact) mass is 243 g/mol. The summed E-state index contributed by atoms with van der Waals surface area (Å²) in [4.78, 5) is 1.20. The molecule has 0 radical (unpaired) electrons. The van der Waals surface area contributed by atoms with Gasteiger partial charge < -0.3 is 0 Å². The van der Waals surface area contributed by atoms with E-state index in [1.807, 2.05) is 6.07 Å². The Bertz CT molecular complexity index is 565. The largest absolute Gasteiger partial charge is 0.282 e. The molecule has 0 fully saturated rings. The van der Waals surface area contributed by atoms with Gasteiger partial charge in [0.15, 0.2) is 0 Å². The maximum Gasteiger partial charge on any atom is 0.282 e. The molecule has 0 saturated carbocycles. The van der Waals surface area contributed by atoms with Crippen LogP contribution in [0.15, 0.2) is 41.6 Å². The molecule has 1 heterocycles. The molecule has 0 spiro atoms. The number of hydrogen-bond acceptors (Lipinski definition) is 4. The maximum atomic E-state index is 10.9. The minimum atomic E-state index is -3.81. The van der Waals surface area contributed by atoms with Crippen molar-refractivity contribution < 1.29 is 8.42 Å². The highest BCUT2D eigenvalue weighted by atomic mass is 35.7. The normalized spacial score (nSPS) is 11.5. The first-order chi connectivity index (χ1) is 7.07. The number of rotatable bonds is 2. The molecule has 0 bridgehead atoms. The fourth-order valence-corrected chi connectivity index (χ4v) is 1.61. The van der Waals surface area contributed by atoms with Crippen LogP contribution in [0.1, 0.15) is 0 Å². The van der Waals surface area contributed by atoms with Crippen molar-refractivity contribution in [3.63, 3.8) is 0 Å². The van der Waals surface area contributed by atoms with E-state index in [4.69, 9.17) is 10.7 Å². The van der Waals surface area contributed by atoms with Crippen LogP contribution >= 0.6 is 10.7 Å². The third-order valence-corrected chi connectivity index (χ3v) is 2.87. The van der Waals surface area contributed by atoms with Gasteiger partial charge in [0.05, 0.1) is 11.9 Å². The predicted molar refractivity (Wildman–Crippen MR) is 54.4 cm³/mol. The number of para-hydroxylation sites is 1. The summed E-state index contributed by atoms with van der Waals surface area (Å²) in [6, 6.07) is 8.95. The lowest BCUT2D eigenvalue weighted by atomic mass is 10.3. The molecular formula is C8H6ClN3O2S. The zero-order chi connectivity index (χ0) is 10.9. The summed E-state index contributed by atoms with van der Waals surface area (Å²) in [5.41, 5.74) is 0.670. The van der Waals surface area contributed by atoms with Gasteiger partial charge in [-0.15, -0.1) is 5.10 Å². The van der Waals surface area contributed by atoms with Gasteiger partial charge in [-0.1, -0.05) is 18.2 Å². The topological polar surface area (TPSA) is 64.8 Å². The summed E-state index contributed by atoms with van der Waals surface area (Å²) in [6.45, 7) is 0. The first-order valence-corrected chi connectivity index (χ1v) is 6.31. The van der Waals surface area contributed by atoms with Crippen LogP contribution in [0.2, 0.25) is 0 Å². The second-order valence-electron chi connectivity index (χ2n) is 2.75. The Balaban J connectivity index is 2.46. The summed E-state index contributed by atoms with van der Waals surface area (Å²) in [5, 5.41) is 7.28. The van der Waals surface area contributed by atoms with E-state index in [9.17, 15) is 8.42 Å². The molecule has 0 aliphatic rings. The molecule has 15 heavy (non-hydrogen) atoms. The van der Waals surface area contributed by atoms with E-state index in [2.05, 4.69) is 10.2 Å². The molecule has 1 aromatic carbocycles. The van der Waals surface area contributed by atoms with Gasteiger partial charge in [0.1, 0.15) is 0 Å². The first-order valence-electron chi connectivity index (χ1n) is 4.00. The fourth-order valence-electron chi connectivity index (χ4n) is 1.05. The van der Waals surface area contributed by atoms with Gasteiger partial charge in [0, 0.05) is 10.7 Å². The number of halogens is 1. The third kappa shape index (κ3) is 2.16. The summed E-state index contributed by atoms with van der Waals surface area (Å²) < 4.78 is 21.9. The summed E-state index contributed by atoms with van der Waals surface area (Å²) in [6.07, 6.45) is 1.11. The molecule has 0 atom stereocenters. The third-order valence-electron chi connectivity index (χ3n) is 1.71.